The largest absolute Gasteiger partial charge is 0.391 e. The Kier molecular flexibility index (Phi) is 8.37. The van der Waals surface area contributed by atoms with Crippen LogP contribution in [0.15, 0.2) is 12.3 Å². The number of rotatable bonds is 7. The van der Waals surface area contributed by atoms with Gasteiger partial charge in [0.15, 0.2) is 5.01 Å². The standard InChI is InChI=1S/C27H37F2N5O3S/c1-6-15-11-10-14(2)34(15)26(37)21-22(38-25(32-21)24(36)31-18-8-7-9-19(18)35)17-13-30-20(33-27(3,4)5)12-16(17)23(28)29/h12-15,18-19,23,35H,6-11H2,1-5H3,(H,30,33)(H,31,36)/t14?,15?,18-,19-/m1/s1. The molecule has 3 N–H and O–H groups in total. The van der Waals surface area contributed by atoms with Crippen molar-refractivity contribution in [3.05, 3.63) is 28.5 Å². The van der Waals surface area contributed by atoms with Crippen LogP contribution < -0.4 is 10.6 Å². The molecular weight excluding hydrogens is 512 g/mol. The Bertz CT molecular complexity index is 1180. The molecule has 1 saturated carbocycles. The summed E-state index contributed by atoms with van der Waals surface area (Å²) in [5.74, 6) is -0.605. The van der Waals surface area contributed by atoms with Crippen molar-refractivity contribution in [2.75, 3.05) is 5.32 Å². The van der Waals surface area contributed by atoms with E-state index in [4.69, 9.17) is 0 Å². The first kappa shape index (κ1) is 28.4. The Morgan fingerprint density at radius 2 is 1.97 bits per heavy atom. The number of aromatic nitrogens is 2. The van der Waals surface area contributed by atoms with E-state index in [1.165, 1.54) is 12.3 Å². The van der Waals surface area contributed by atoms with Gasteiger partial charge in [0.25, 0.3) is 18.2 Å². The van der Waals surface area contributed by atoms with Gasteiger partial charge in [0, 0.05) is 34.9 Å². The summed E-state index contributed by atoms with van der Waals surface area (Å²) in [5, 5.41) is 16.1. The molecule has 0 radical (unpaired) electrons. The number of thiazole rings is 1. The van der Waals surface area contributed by atoms with E-state index in [0.717, 1.165) is 37.0 Å². The third kappa shape index (κ3) is 5.98. The second kappa shape index (κ2) is 11.2. The van der Waals surface area contributed by atoms with Crippen molar-refractivity contribution in [1.82, 2.24) is 20.2 Å². The fraction of sp³-hybridized carbons (Fsp3) is 0.630. The molecule has 0 spiro atoms. The molecule has 11 heteroatoms. The van der Waals surface area contributed by atoms with Crippen LogP contribution in [0.5, 0.6) is 0 Å². The minimum absolute atomic E-state index is 0.000502. The predicted molar refractivity (Wildman–Crippen MR) is 144 cm³/mol. The third-order valence-electron chi connectivity index (χ3n) is 7.23. The van der Waals surface area contributed by atoms with Gasteiger partial charge in [0.05, 0.1) is 17.0 Å². The number of carbonyl (C=O) groups is 2. The van der Waals surface area contributed by atoms with Gasteiger partial charge in [-0.25, -0.2) is 18.7 Å². The molecule has 208 valence electrons. The second-order valence-corrected chi connectivity index (χ2v) is 12.3. The predicted octanol–water partition coefficient (Wildman–Crippen LogP) is 5.40. The summed E-state index contributed by atoms with van der Waals surface area (Å²) < 4.78 is 28.7. The summed E-state index contributed by atoms with van der Waals surface area (Å²) >= 11 is 0.907. The first-order valence-electron chi connectivity index (χ1n) is 13.3. The summed E-state index contributed by atoms with van der Waals surface area (Å²) in [7, 11) is 0. The molecule has 8 nitrogen and oxygen atoms in total. The van der Waals surface area contributed by atoms with Gasteiger partial charge in [-0.2, -0.15) is 0 Å². The van der Waals surface area contributed by atoms with Crippen LogP contribution in [0.2, 0.25) is 0 Å². The third-order valence-corrected chi connectivity index (χ3v) is 8.32. The first-order valence-corrected chi connectivity index (χ1v) is 14.1. The molecule has 2 aliphatic rings. The molecule has 4 atom stereocenters. The van der Waals surface area contributed by atoms with Gasteiger partial charge >= 0.3 is 0 Å². The molecule has 0 aromatic carbocycles. The molecule has 1 aliphatic carbocycles. The molecule has 1 aliphatic heterocycles. The van der Waals surface area contributed by atoms with Crippen LogP contribution in [0.25, 0.3) is 10.4 Å². The van der Waals surface area contributed by atoms with E-state index in [1.807, 2.05) is 34.6 Å². The number of anilines is 1. The topological polar surface area (TPSA) is 107 Å². The van der Waals surface area contributed by atoms with Gasteiger partial charge in [-0.15, -0.1) is 11.3 Å². The van der Waals surface area contributed by atoms with E-state index in [9.17, 15) is 23.5 Å². The Morgan fingerprint density at radius 1 is 1.24 bits per heavy atom. The van der Waals surface area contributed by atoms with E-state index in [-0.39, 0.29) is 44.7 Å². The lowest BCUT2D eigenvalue weighted by atomic mass is 10.1. The number of halogens is 2. The summed E-state index contributed by atoms with van der Waals surface area (Å²) in [5.41, 5.74) is -0.611. The molecule has 2 aromatic heterocycles. The number of nitrogens with one attached hydrogen (secondary N) is 2. The highest BCUT2D eigenvalue weighted by Gasteiger charge is 2.38. The van der Waals surface area contributed by atoms with E-state index in [1.54, 1.807) is 4.90 Å². The Balaban J connectivity index is 1.79. The van der Waals surface area contributed by atoms with E-state index < -0.39 is 30.0 Å². The number of aliphatic hydroxyl groups excluding tert-OH is 1. The number of carbonyl (C=O) groups excluding carboxylic acids is 2. The molecule has 2 aromatic rings. The monoisotopic (exact) mass is 549 g/mol. The van der Waals surface area contributed by atoms with E-state index in [0.29, 0.717) is 18.7 Å². The summed E-state index contributed by atoms with van der Waals surface area (Å²) in [6.45, 7) is 9.68. The minimum Gasteiger partial charge on any atom is -0.391 e. The zero-order valence-electron chi connectivity index (χ0n) is 22.6. The van der Waals surface area contributed by atoms with Crippen molar-refractivity contribution in [2.45, 2.75) is 109 Å². The number of alkyl halides is 2. The SMILES string of the molecule is CCC1CCC(C)N1C(=O)c1nc(C(=O)N[C@@H]2CCC[C@H]2O)sc1-c1cnc(NC(C)(C)C)cc1C(F)F. The lowest BCUT2D eigenvalue weighted by Crippen LogP contribution is -2.40. The zero-order valence-corrected chi connectivity index (χ0v) is 23.4. The second-order valence-electron chi connectivity index (χ2n) is 11.3. The Labute approximate surface area is 226 Å². The van der Waals surface area contributed by atoms with Crippen LogP contribution in [0.1, 0.15) is 105 Å². The fourth-order valence-electron chi connectivity index (χ4n) is 5.34. The minimum atomic E-state index is -2.83. The normalized spacial score (nSPS) is 23.8. The van der Waals surface area contributed by atoms with Crippen LogP contribution in [0.3, 0.4) is 0 Å². The summed E-state index contributed by atoms with van der Waals surface area (Å²) in [4.78, 5) is 37.7. The Morgan fingerprint density at radius 3 is 2.58 bits per heavy atom. The smallest absolute Gasteiger partial charge is 0.280 e. The molecule has 38 heavy (non-hydrogen) atoms. The lowest BCUT2D eigenvalue weighted by molar-refractivity contribution is 0.0671. The van der Waals surface area contributed by atoms with Crippen molar-refractivity contribution >= 4 is 29.0 Å². The van der Waals surface area contributed by atoms with Gasteiger partial charge in [-0.05, 0) is 72.3 Å². The van der Waals surface area contributed by atoms with Gasteiger partial charge in [0.1, 0.15) is 11.5 Å². The van der Waals surface area contributed by atoms with Crippen molar-refractivity contribution in [1.29, 1.82) is 0 Å². The van der Waals surface area contributed by atoms with Crippen LogP contribution >= 0.6 is 11.3 Å². The molecule has 3 heterocycles. The van der Waals surface area contributed by atoms with Gasteiger partial charge < -0.3 is 20.6 Å². The van der Waals surface area contributed by atoms with Crippen LogP contribution in [-0.2, 0) is 0 Å². The number of hydrogen-bond donors (Lipinski definition) is 3. The summed E-state index contributed by atoms with van der Waals surface area (Å²) in [6.07, 6.45) is 2.34. The van der Waals surface area contributed by atoms with Gasteiger partial charge in [-0.1, -0.05) is 6.92 Å². The van der Waals surface area contributed by atoms with Crippen LogP contribution in [-0.4, -0.2) is 61.6 Å². The molecule has 0 bridgehead atoms. The number of likely N-dealkylation sites (tertiary alicyclic amines) is 1. The number of pyridine rings is 1. The average molecular weight is 550 g/mol. The molecular formula is C27H37F2N5O3S. The van der Waals surface area contributed by atoms with Crippen molar-refractivity contribution in [3.8, 4) is 10.4 Å². The molecule has 2 fully saturated rings. The van der Waals surface area contributed by atoms with Crippen LogP contribution in [0, 0.1) is 0 Å². The lowest BCUT2D eigenvalue weighted by Gasteiger charge is -2.27. The van der Waals surface area contributed by atoms with E-state index >= 15 is 0 Å². The maximum absolute atomic E-state index is 14.3. The quantitative estimate of drug-likeness (QED) is 0.427. The highest BCUT2D eigenvalue weighted by molar-refractivity contribution is 7.17. The number of amides is 2. The molecule has 1 saturated heterocycles. The molecule has 4 rings (SSSR count). The number of nitrogens with zero attached hydrogens (tertiary/aromatic N) is 3. The summed E-state index contributed by atoms with van der Waals surface area (Å²) in [6, 6.07) is 0.877. The maximum atomic E-state index is 14.3. The van der Waals surface area contributed by atoms with Gasteiger partial charge in [-0.3, -0.25) is 9.59 Å². The van der Waals surface area contributed by atoms with Crippen molar-refractivity contribution in [2.24, 2.45) is 0 Å². The highest BCUT2D eigenvalue weighted by atomic mass is 32.1. The van der Waals surface area contributed by atoms with Crippen LogP contribution in [0.4, 0.5) is 14.6 Å². The van der Waals surface area contributed by atoms with Crippen molar-refractivity contribution in [3.63, 3.8) is 0 Å². The zero-order chi connectivity index (χ0) is 27.8. The van der Waals surface area contributed by atoms with Gasteiger partial charge in [0.2, 0.25) is 0 Å². The molecule has 2 unspecified atom stereocenters. The maximum Gasteiger partial charge on any atom is 0.280 e. The van der Waals surface area contributed by atoms with E-state index in [2.05, 4.69) is 20.6 Å². The van der Waals surface area contributed by atoms with Crippen molar-refractivity contribution < 1.29 is 23.5 Å². The number of hydrogen-bond acceptors (Lipinski definition) is 7. The number of aliphatic hydroxyl groups is 1. The molecule has 2 amide bonds. The fourth-order valence-corrected chi connectivity index (χ4v) is 6.33. The first-order chi connectivity index (χ1) is 17.9. The average Bonchev–Trinajstić information content (AvgIpc) is 3.56. The Hall–Kier alpha value is -2.66. The highest BCUT2D eigenvalue weighted by Crippen LogP contribution is 2.40.